The van der Waals surface area contributed by atoms with E-state index in [-0.39, 0.29) is 6.10 Å². The summed E-state index contributed by atoms with van der Waals surface area (Å²) >= 11 is 5.15. The molecule has 1 N–H and O–H groups in total. The van der Waals surface area contributed by atoms with Gasteiger partial charge in [-0.15, -0.1) is 0 Å². The van der Waals surface area contributed by atoms with Gasteiger partial charge in [-0.2, -0.15) is 5.10 Å². The Labute approximate surface area is 134 Å². The first-order valence-electron chi connectivity index (χ1n) is 7.09. The Morgan fingerprint density at radius 2 is 1.77 bits per heavy atom. The summed E-state index contributed by atoms with van der Waals surface area (Å²) < 4.78 is 8.54. The number of para-hydroxylation sites is 1. The molecule has 0 saturated heterocycles. The van der Waals surface area contributed by atoms with Crippen molar-refractivity contribution in [3.63, 3.8) is 0 Å². The molecule has 0 aliphatic heterocycles. The van der Waals surface area contributed by atoms with E-state index in [1.165, 1.54) is 0 Å². The third-order valence-electron chi connectivity index (χ3n) is 3.55. The van der Waals surface area contributed by atoms with Gasteiger partial charge in [-0.1, -0.05) is 48.5 Å². The fourth-order valence-electron chi connectivity index (χ4n) is 2.39. The van der Waals surface area contributed by atoms with Gasteiger partial charge in [0.05, 0.1) is 0 Å². The lowest BCUT2D eigenvalue weighted by molar-refractivity contribution is 0.213. The predicted octanol–water partition coefficient (Wildman–Crippen LogP) is 4.28. The number of hydrogen-bond donors (Lipinski definition) is 1. The van der Waals surface area contributed by atoms with Crippen molar-refractivity contribution in [1.29, 1.82) is 0 Å². The zero-order valence-corrected chi connectivity index (χ0v) is 13.3. The van der Waals surface area contributed by atoms with Gasteiger partial charge in [0.1, 0.15) is 5.75 Å². The van der Waals surface area contributed by atoms with Gasteiger partial charge in [0.15, 0.2) is 16.7 Å². The van der Waals surface area contributed by atoms with E-state index in [1.807, 2.05) is 54.9 Å². The summed E-state index contributed by atoms with van der Waals surface area (Å²) in [7, 11) is 1.88. The van der Waals surface area contributed by atoms with Crippen LogP contribution < -0.4 is 4.74 Å². The Hall–Kier alpha value is -2.40. The third-order valence-corrected chi connectivity index (χ3v) is 3.92. The zero-order valence-electron chi connectivity index (χ0n) is 12.5. The Morgan fingerprint density at radius 3 is 2.45 bits per heavy atom. The van der Waals surface area contributed by atoms with Crippen LogP contribution in [0.1, 0.15) is 18.9 Å². The normalized spacial score (nSPS) is 12.1. The first-order chi connectivity index (χ1) is 10.7. The summed E-state index contributed by atoms with van der Waals surface area (Å²) in [6.45, 7) is 1.96. The summed E-state index contributed by atoms with van der Waals surface area (Å²) in [5.41, 5.74) is 2.19. The molecule has 3 aromatic rings. The van der Waals surface area contributed by atoms with Gasteiger partial charge in [-0.25, -0.2) is 0 Å². The summed E-state index contributed by atoms with van der Waals surface area (Å²) in [4.78, 5) is 0. The number of ether oxygens (including phenoxy) is 1. The minimum atomic E-state index is -0.206. The molecule has 0 fully saturated rings. The Morgan fingerprint density at radius 1 is 1.09 bits per heavy atom. The molecule has 0 aliphatic carbocycles. The summed E-state index contributed by atoms with van der Waals surface area (Å²) in [6, 6.07) is 18.2. The van der Waals surface area contributed by atoms with Crippen LogP contribution in [0.3, 0.4) is 0 Å². The molecule has 0 amide bonds. The van der Waals surface area contributed by atoms with E-state index in [1.54, 1.807) is 0 Å². The number of hydrogen-bond acceptors (Lipinski definition) is 3. The third kappa shape index (κ3) is 2.80. The van der Waals surface area contributed by atoms with Gasteiger partial charge in [-0.05, 0) is 30.8 Å². The quantitative estimate of drug-likeness (QED) is 0.731. The van der Waals surface area contributed by atoms with Gasteiger partial charge in [0.2, 0.25) is 0 Å². The summed E-state index contributed by atoms with van der Waals surface area (Å²) in [6.07, 6.45) is -0.206. The fourth-order valence-corrected chi connectivity index (χ4v) is 2.53. The van der Waals surface area contributed by atoms with Crippen molar-refractivity contribution in [3.05, 3.63) is 65.2 Å². The van der Waals surface area contributed by atoms with Crippen LogP contribution in [0.2, 0.25) is 0 Å². The fraction of sp³-hybridized carbons (Fsp3) is 0.176. The van der Waals surface area contributed by atoms with E-state index in [0.29, 0.717) is 4.77 Å². The molecule has 0 unspecified atom stereocenters. The second-order valence-corrected chi connectivity index (χ2v) is 5.45. The molecule has 5 heteroatoms. The van der Waals surface area contributed by atoms with Crippen LogP contribution in [-0.4, -0.2) is 14.8 Å². The van der Waals surface area contributed by atoms with Crippen molar-refractivity contribution >= 4 is 12.2 Å². The molecule has 112 valence electrons. The molecular weight excluding hydrogens is 294 g/mol. The second-order valence-electron chi connectivity index (χ2n) is 5.07. The number of nitrogens with one attached hydrogen (secondary N) is 1. The van der Waals surface area contributed by atoms with Crippen LogP contribution in [0.4, 0.5) is 0 Å². The number of nitrogens with zero attached hydrogens (tertiary/aromatic N) is 2. The van der Waals surface area contributed by atoms with Crippen LogP contribution in [0.15, 0.2) is 54.6 Å². The Kier molecular flexibility index (Phi) is 4.06. The minimum Gasteiger partial charge on any atom is -0.482 e. The first kappa shape index (κ1) is 14.5. The van der Waals surface area contributed by atoms with Crippen LogP contribution >= 0.6 is 12.2 Å². The molecule has 0 bridgehead atoms. The van der Waals surface area contributed by atoms with Gasteiger partial charge < -0.3 is 9.30 Å². The molecule has 0 saturated carbocycles. The number of rotatable bonds is 4. The standard InChI is InChI=1S/C17H17N3OS/c1-12(16-18-19-17(22)20(16)2)21-15-11-7-6-10-14(15)13-8-4-3-5-9-13/h3-12H,1-2H3,(H,19,22)/t12-/m1/s1. The van der Waals surface area contributed by atoms with Crippen LogP contribution in [0.5, 0.6) is 5.75 Å². The van der Waals surface area contributed by atoms with Crippen molar-refractivity contribution < 1.29 is 4.74 Å². The highest BCUT2D eigenvalue weighted by Crippen LogP contribution is 2.32. The van der Waals surface area contributed by atoms with Gasteiger partial charge >= 0.3 is 0 Å². The predicted molar refractivity (Wildman–Crippen MR) is 89.3 cm³/mol. The van der Waals surface area contributed by atoms with Crippen molar-refractivity contribution in [2.75, 3.05) is 0 Å². The largest absolute Gasteiger partial charge is 0.482 e. The lowest BCUT2D eigenvalue weighted by Crippen LogP contribution is -2.10. The summed E-state index contributed by atoms with van der Waals surface area (Å²) in [5.74, 6) is 1.60. The van der Waals surface area contributed by atoms with E-state index < -0.39 is 0 Å². The average Bonchev–Trinajstić information content (AvgIpc) is 2.88. The monoisotopic (exact) mass is 311 g/mol. The molecule has 0 spiro atoms. The van der Waals surface area contributed by atoms with E-state index in [0.717, 1.165) is 22.7 Å². The maximum absolute atomic E-state index is 6.13. The number of benzene rings is 2. The zero-order chi connectivity index (χ0) is 15.5. The highest BCUT2D eigenvalue weighted by atomic mass is 32.1. The highest BCUT2D eigenvalue weighted by molar-refractivity contribution is 7.71. The molecule has 1 atom stereocenters. The molecule has 3 rings (SSSR count). The van der Waals surface area contributed by atoms with Crippen LogP contribution in [0, 0.1) is 4.77 Å². The molecule has 4 nitrogen and oxygen atoms in total. The van der Waals surface area contributed by atoms with Crippen molar-refractivity contribution in [2.24, 2.45) is 7.05 Å². The first-order valence-corrected chi connectivity index (χ1v) is 7.50. The van der Waals surface area contributed by atoms with Crippen molar-refractivity contribution in [3.8, 4) is 16.9 Å². The molecule has 2 aromatic carbocycles. The van der Waals surface area contributed by atoms with Crippen molar-refractivity contribution in [1.82, 2.24) is 14.8 Å². The van der Waals surface area contributed by atoms with Crippen LogP contribution in [-0.2, 0) is 7.05 Å². The van der Waals surface area contributed by atoms with Gasteiger partial charge in [0, 0.05) is 12.6 Å². The van der Waals surface area contributed by atoms with E-state index in [2.05, 4.69) is 28.4 Å². The Balaban J connectivity index is 1.93. The lowest BCUT2D eigenvalue weighted by atomic mass is 10.0. The number of H-pyrrole nitrogens is 1. The van der Waals surface area contributed by atoms with Gasteiger partial charge in [-0.3, -0.25) is 5.10 Å². The molecular formula is C17H17N3OS. The molecule has 1 heterocycles. The summed E-state index contributed by atoms with van der Waals surface area (Å²) in [5, 5.41) is 7.02. The van der Waals surface area contributed by atoms with Crippen LogP contribution in [0.25, 0.3) is 11.1 Å². The number of aromatic amines is 1. The number of aromatic nitrogens is 3. The highest BCUT2D eigenvalue weighted by Gasteiger charge is 2.15. The van der Waals surface area contributed by atoms with E-state index in [9.17, 15) is 0 Å². The second kappa shape index (κ2) is 6.15. The van der Waals surface area contributed by atoms with E-state index >= 15 is 0 Å². The maximum Gasteiger partial charge on any atom is 0.195 e. The molecule has 0 aliphatic rings. The Bertz CT molecular complexity index is 823. The van der Waals surface area contributed by atoms with Gasteiger partial charge in [0.25, 0.3) is 0 Å². The minimum absolute atomic E-state index is 0.206. The lowest BCUT2D eigenvalue weighted by Gasteiger charge is -2.17. The smallest absolute Gasteiger partial charge is 0.195 e. The van der Waals surface area contributed by atoms with E-state index in [4.69, 9.17) is 17.0 Å². The molecule has 1 aromatic heterocycles. The average molecular weight is 311 g/mol. The molecule has 0 radical (unpaired) electrons. The SMILES string of the molecule is C[C@@H](Oc1ccccc1-c1ccccc1)c1n[nH]c(=S)n1C. The van der Waals surface area contributed by atoms with Crippen molar-refractivity contribution in [2.45, 2.75) is 13.0 Å². The topological polar surface area (TPSA) is 42.8 Å². The molecule has 22 heavy (non-hydrogen) atoms. The maximum atomic E-state index is 6.13.